The number of aromatic nitrogens is 3. The lowest BCUT2D eigenvalue weighted by Crippen LogP contribution is -2.61. The Kier molecular flexibility index (Phi) is 5.60. The summed E-state index contributed by atoms with van der Waals surface area (Å²) in [6, 6.07) is 1.73. The van der Waals surface area contributed by atoms with Crippen molar-refractivity contribution in [3.63, 3.8) is 0 Å². The van der Waals surface area contributed by atoms with Crippen molar-refractivity contribution >= 4 is 27.5 Å². The smallest absolute Gasteiger partial charge is 0.431 e. The van der Waals surface area contributed by atoms with Crippen molar-refractivity contribution < 1.29 is 38.6 Å². The summed E-state index contributed by atoms with van der Waals surface area (Å²) in [5.74, 6) is -3.74. The summed E-state index contributed by atoms with van der Waals surface area (Å²) >= 11 is 0. The molecule has 0 amide bonds. The molecule has 2 unspecified atom stereocenters. The number of phenols is 1. The molecule has 2 bridgehead atoms. The fraction of sp³-hybridized carbons (Fsp3) is 0.433. The van der Waals surface area contributed by atoms with Gasteiger partial charge in [0.2, 0.25) is 0 Å². The number of likely N-dealkylation sites (N-methyl/N-ethyl adjacent to an activating group) is 1. The Bertz CT molecular complexity index is 2040. The number of halogens is 5. The van der Waals surface area contributed by atoms with Crippen molar-refractivity contribution in [3.8, 4) is 17.4 Å². The first kappa shape index (κ1) is 23.4. The number of nitrogens with one attached hydrogen (secondary N) is 1. The summed E-state index contributed by atoms with van der Waals surface area (Å²) in [5, 5.41) is 12.5. The van der Waals surface area contributed by atoms with Gasteiger partial charge in [-0.2, -0.15) is 23.1 Å². The number of piperidine rings is 2. The molecule has 4 aliphatic rings. The Morgan fingerprint density at radius 3 is 2.73 bits per heavy atom. The first-order chi connectivity index (χ1) is 22.9. The van der Waals surface area contributed by atoms with E-state index in [0.717, 1.165) is 29.5 Å². The zero-order chi connectivity index (χ0) is 35.2. The van der Waals surface area contributed by atoms with Crippen LogP contribution < -0.4 is 20.5 Å². The molecular formula is C30H29F5N6O3. The second kappa shape index (κ2) is 10.5. The van der Waals surface area contributed by atoms with Gasteiger partial charge in [0.25, 0.3) is 5.56 Å². The van der Waals surface area contributed by atoms with Crippen LogP contribution >= 0.6 is 0 Å². The number of rotatable bonds is 5. The third-order valence-electron chi connectivity index (χ3n) is 8.49. The van der Waals surface area contributed by atoms with Crippen LogP contribution in [0, 0.1) is 11.6 Å². The second-order valence-corrected chi connectivity index (χ2v) is 11.2. The molecule has 14 heteroatoms. The van der Waals surface area contributed by atoms with Gasteiger partial charge < -0.3 is 25.0 Å². The fourth-order valence-electron chi connectivity index (χ4n) is 6.38. The average molecular weight is 622 g/mol. The SMILES string of the molecule is [2H]C([2H])(Oc1nc(N2CC3CCC2CN3)c2cc(C(F)(F)F)n(-c3cc(O)cc4ccc(F)c(F)c34)c(=O)c2n1)[C@@H]1CCCN1C([2H])([2H])[2H]. The van der Waals surface area contributed by atoms with Gasteiger partial charge in [-0.1, -0.05) is 6.07 Å². The predicted octanol–water partition coefficient (Wildman–Crippen LogP) is 4.35. The topological polar surface area (TPSA) is 95.8 Å². The summed E-state index contributed by atoms with van der Waals surface area (Å²) in [6.07, 6.45) is -3.39. The van der Waals surface area contributed by atoms with Gasteiger partial charge in [0.05, 0.1) is 13.8 Å². The van der Waals surface area contributed by atoms with Crippen LogP contribution in [-0.2, 0) is 6.18 Å². The van der Waals surface area contributed by atoms with Crippen LogP contribution in [-0.4, -0.2) is 75.8 Å². The van der Waals surface area contributed by atoms with E-state index >= 15 is 4.39 Å². The minimum atomic E-state index is -5.25. The van der Waals surface area contributed by atoms with E-state index in [4.69, 9.17) is 11.6 Å². The van der Waals surface area contributed by atoms with Gasteiger partial charge >= 0.3 is 12.2 Å². The summed E-state index contributed by atoms with van der Waals surface area (Å²) in [4.78, 5) is 25.4. The molecule has 6 heterocycles. The molecule has 44 heavy (non-hydrogen) atoms. The number of anilines is 1. The monoisotopic (exact) mass is 621 g/mol. The van der Waals surface area contributed by atoms with Gasteiger partial charge in [0.1, 0.15) is 29.3 Å². The largest absolute Gasteiger partial charge is 0.508 e. The van der Waals surface area contributed by atoms with Gasteiger partial charge in [-0.25, -0.2) is 8.78 Å². The van der Waals surface area contributed by atoms with Gasteiger partial charge in [0, 0.05) is 46.8 Å². The quantitative estimate of drug-likeness (QED) is 0.318. The normalized spacial score (nSPS) is 24.7. The number of alkyl halides is 3. The van der Waals surface area contributed by atoms with Gasteiger partial charge in [-0.05, 0) is 62.8 Å². The zero-order valence-electron chi connectivity index (χ0n) is 28.0. The molecule has 0 aliphatic carbocycles. The zero-order valence-corrected chi connectivity index (χ0v) is 23.0. The Morgan fingerprint density at radius 2 is 2.02 bits per heavy atom. The van der Waals surface area contributed by atoms with E-state index in [1.54, 1.807) is 4.90 Å². The number of phenolic OH excluding ortho intramolecular Hbond substituents is 1. The van der Waals surface area contributed by atoms with E-state index in [-0.39, 0.29) is 52.8 Å². The van der Waals surface area contributed by atoms with E-state index in [1.165, 1.54) is 0 Å². The molecule has 4 aromatic rings. The van der Waals surface area contributed by atoms with Gasteiger partial charge in [0.15, 0.2) is 11.6 Å². The molecule has 4 fully saturated rings. The number of benzene rings is 2. The lowest BCUT2D eigenvalue weighted by Gasteiger charge is -2.46. The molecule has 2 aromatic carbocycles. The van der Waals surface area contributed by atoms with Crippen LogP contribution in [0.5, 0.6) is 11.8 Å². The highest BCUT2D eigenvalue weighted by atomic mass is 19.4. The van der Waals surface area contributed by atoms with Crippen LogP contribution in [0.4, 0.5) is 27.8 Å². The molecule has 232 valence electrons. The minimum absolute atomic E-state index is 0.0532. The van der Waals surface area contributed by atoms with Crippen LogP contribution in [0.15, 0.2) is 35.1 Å². The summed E-state index contributed by atoms with van der Waals surface area (Å²) < 4.78 is 121. The minimum Gasteiger partial charge on any atom is -0.508 e. The van der Waals surface area contributed by atoms with E-state index in [0.29, 0.717) is 31.5 Å². The Balaban J connectivity index is 1.50. The number of ether oxygens (including phenoxy) is 1. The van der Waals surface area contributed by atoms with Crippen molar-refractivity contribution in [2.75, 3.05) is 38.1 Å². The Morgan fingerprint density at radius 1 is 1.18 bits per heavy atom. The fourth-order valence-corrected chi connectivity index (χ4v) is 6.38. The molecule has 3 atom stereocenters. The summed E-state index contributed by atoms with van der Waals surface area (Å²) in [7, 11) is 0. The van der Waals surface area contributed by atoms with E-state index < -0.39 is 77.0 Å². The second-order valence-electron chi connectivity index (χ2n) is 11.2. The van der Waals surface area contributed by atoms with Crippen molar-refractivity contribution in [3.05, 3.63) is 58.0 Å². The van der Waals surface area contributed by atoms with E-state index in [2.05, 4.69) is 15.3 Å². The molecule has 0 radical (unpaired) electrons. The molecule has 2 N–H and O–H groups in total. The third kappa shape index (κ3) is 4.80. The standard InChI is InChI=1S/C30H29F5N6O3/c1-39-8-2-3-18(39)14-44-29-37-26-20(27(38-29)40-13-16-5-6-17(40)12-36-16)11-23(30(33,34)35)41(28(26)43)22-10-19(42)9-15-4-7-21(31)25(32)24(15)22/h4,7,9-11,16-18,36,42H,2-3,5-6,8,12-14H2,1H3/t16?,17?,18-/m0/s1/i1D3,14D2. The molecule has 8 rings (SSSR count). The Hall–Kier alpha value is -4.04. The lowest BCUT2D eigenvalue weighted by molar-refractivity contribution is -0.142. The molecule has 0 spiro atoms. The van der Waals surface area contributed by atoms with Crippen molar-refractivity contribution in [2.24, 2.45) is 0 Å². The van der Waals surface area contributed by atoms with Crippen molar-refractivity contribution in [1.29, 1.82) is 0 Å². The molecule has 4 aliphatic heterocycles. The predicted molar refractivity (Wildman–Crippen MR) is 153 cm³/mol. The maximum absolute atomic E-state index is 15.3. The molecule has 0 saturated carbocycles. The number of piperazine rings is 1. The number of fused-ring (bicyclic) bond motifs is 5. The number of pyridine rings is 1. The number of likely N-dealkylation sites (tertiary alicyclic amines) is 1. The molecule has 9 nitrogen and oxygen atoms in total. The number of aromatic hydroxyl groups is 1. The Labute approximate surface area is 254 Å². The van der Waals surface area contributed by atoms with Crippen LogP contribution in [0.1, 0.15) is 38.2 Å². The molecular weight excluding hydrogens is 587 g/mol. The summed E-state index contributed by atoms with van der Waals surface area (Å²) in [6.45, 7) is -4.60. The highest BCUT2D eigenvalue weighted by Gasteiger charge is 2.40. The van der Waals surface area contributed by atoms with Gasteiger partial charge in [-0.3, -0.25) is 9.36 Å². The van der Waals surface area contributed by atoms with Crippen LogP contribution in [0.3, 0.4) is 0 Å². The average Bonchev–Trinajstić information content (AvgIpc) is 3.55. The maximum Gasteiger partial charge on any atom is 0.431 e. The molecule has 2 aromatic heterocycles. The first-order valence-corrected chi connectivity index (χ1v) is 14.1. The first-order valence-electron chi connectivity index (χ1n) is 16.6. The third-order valence-corrected chi connectivity index (χ3v) is 8.49. The van der Waals surface area contributed by atoms with E-state index in [9.17, 15) is 27.5 Å². The number of hydrogen-bond donors (Lipinski definition) is 2. The lowest BCUT2D eigenvalue weighted by atomic mass is 9.93. The molecule has 4 saturated heterocycles. The van der Waals surface area contributed by atoms with Crippen LogP contribution in [0.2, 0.25) is 0 Å². The maximum atomic E-state index is 15.3. The van der Waals surface area contributed by atoms with Crippen molar-refractivity contribution in [1.82, 2.24) is 24.8 Å². The number of hydrogen-bond acceptors (Lipinski definition) is 8. The van der Waals surface area contributed by atoms with Crippen molar-refractivity contribution in [2.45, 2.75) is 50.0 Å². The van der Waals surface area contributed by atoms with E-state index in [1.807, 2.05) is 0 Å². The van der Waals surface area contributed by atoms with Crippen LogP contribution in [0.25, 0.3) is 27.4 Å². The van der Waals surface area contributed by atoms with Gasteiger partial charge in [-0.15, -0.1) is 0 Å². The highest BCUT2D eigenvalue weighted by molar-refractivity contribution is 5.94. The summed E-state index contributed by atoms with van der Waals surface area (Å²) in [5.41, 5.74) is -4.52. The number of nitrogens with zero attached hydrogens (tertiary/aromatic N) is 5. The highest BCUT2D eigenvalue weighted by Crippen LogP contribution is 2.39.